The van der Waals surface area contributed by atoms with Crippen LogP contribution in [-0.2, 0) is 14.3 Å². The molecule has 0 bridgehead atoms. The van der Waals surface area contributed by atoms with Gasteiger partial charge in [-0.1, -0.05) is 55.5 Å². The number of carboxylic acids is 1. The molecule has 3 rings (SSSR count). The monoisotopic (exact) mass is 424 g/mol. The summed E-state index contributed by atoms with van der Waals surface area (Å²) in [6.45, 7) is 2.76. The summed E-state index contributed by atoms with van der Waals surface area (Å²) in [7, 11) is 0. The first kappa shape index (κ1) is 22.3. The fraction of sp³-hybridized carbons (Fsp3) is 0.375. The van der Waals surface area contributed by atoms with Crippen LogP contribution in [0.5, 0.6) is 0 Å². The first-order valence-corrected chi connectivity index (χ1v) is 10.5. The van der Waals surface area contributed by atoms with Crippen LogP contribution < -0.4 is 10.6 Å². The van der Waals surface area contributed by atoms with Crippen LogP contribution in [0.25, 0.3) is 11.1 Å². The highest BCUT2D eigenvalue weighted by atomic mass is 16.5. The molecule has 1 aliphatic rings. The molecule has 1 atom stereocenters. The van der Waals surface area contributed by atoms with Gasteiger partial charge in [0.2, 0.25) is 5.91 Å². The molecule has 2 amide bonds. The lowest BCUT2D eigenvalue weighted by atomic mass is 9.98. The van der Waals surface area contributed by atoms with Crippen molar-refractivity contribution in [3.8, 4) is 11.1 Å². The molecule has 3 N–H and O–H groups in total. The number of carbonyl (C=O) groups excluding carboxylic acids is 2. The largest absolute Gasteiger partial charge is 0.481 e. The molecule has 7 nitrogen and oxygen atoms in total. The van der Waals surface area contributed by atoms with E-state index in [1.54, 1.807) is 0 Å². The Balaban J connectivity index is 1.42. The molecule has 0 spiro atoms. The average molecular weight is 424 g/mol. The minimum absolute atomic E-state index is 0.00662. The van der Waals surface area contributed by atoms with E-state index < -0.39 is 12.1 Å². The number of hydrogen-bond donors (Lipinski definition) is 3. The van der Waals surface area contributed by atoms with Gasteiger partial charge in [0, 0.05) is 31.8 Å². The SMILES string of the molecule is CC(CNC(=O)OCC1c2ccccc2-c2ccccc21)CC(=O)NCCCC(=O)O. The minimum Gasteiger partial charge on any atom is -0.481 e. The summed E-state index contributed by atoms with van der Waals surface area (Å²) in [5.41, 5.74) is 4.67. The zero-order chi connectivity index (χ0) is 22.2. The zero-order valence-electron chi connectivity index (χ0n) is 17.6. The second-order valence-electron chi connectivity index (χ2n) is 7.86. The van der Waals surface area contributed by atoms with E-state index in [1.165, 1.54) is 11.1 Å². The highest BCUT2D eigenvalue weighted by Crippen LogP contribution is 2.44. The van der Waals surface area contributed by atoms with Crippen molar-refractivity contribution in [1.82, 2.24) is 10.6 Å². The number of carbonyl (C=O) groups is 3. The second kappa shape index (κ2) is 10.6. The molecule has 1 aliphatic carbocycles. The lowest BCUT2D eigenvalue weighted by molar-refractivity contribution is -0.137. The number of aliphatic carboxylic acids is 1. The molecule has 0 saturated heterocycles. The van der Waals surface area contributed by atoms with Crippen molar-refractivity contribution in [2.75, 3.05) is 19.7 Å². The number of ether oxygens (including phenoxy) is 1. The van der Waals surface area contributed by atoms with Gasteiger partial charge >= 0.3 is 12.1 Å². The highest BCUT2D eigenvalue weighted by molar-refractivity contribution is 5.79. The number of alkyl carbamates (subject to hydrolysis) is 1. The summed E-state index contributed by atoms with van der Waals surface area (Å²) >= 11 is 0. The molecular formula is C24H28N2O5. The molecule has 7 heteroatoms. The van der Waals surface area contributed by atoms with Gasteiger partial charge in [0.1, 0.15) is 6.61 Å². The third kappa shape index (κ3) is 6.07. The quantitative estimate of drug-likeness (QED) is 0.506. The Morgan fingerprint density at radius 1 is 1.00 bits per heavy atom. The maximum Gasteiger partial charge on any atom is 0.407 e. The predicted molar refractivity (Wildman–Crippen MR) is 117 cm³/mol. The summed E-state index contributed by atoms with van der Waals surface area (Å²) in [6.07, 6.45) is 0.166. The molecule has 0 radical (unpaired) electrons. The molecule has 0 aliphatic heterocycles. The van der Waals surface area contributed by atoms with Gasteiger partial charge in [0.05, 0.1) is 0 Å². The van der Waals surface area contributed by atoms with E-state index in [9.17, 15) is 14.4 Å². The molecule has 0 heterocycles. The zero-order valence-corrected chi connectivity index (χ0v) is 17.6. The van der Waals surface area contributed by atoms with E-state index in [-0.39, 0.29) is 37.2 Å². The number of carboxylic acid groups (broad SMARTS) is 1. The van der Waals surface area contributed by atoms with Crippen LogP contribution in [0.2, 0.25) is 0 Å². The van der Waals surface area contributed by atoms with Gasteiger partial charge < -0.3 is 20.5 Å². The summed E-state index contributed by atoms with van der Waals surface area (Å²) in [5.74, 6) is -1.10. The minimum atomic E-state index is -0.880. The Kier molecular flexibility index (Phi) is 7.65. The maximum absolute atomic E-state index is 12.2. The van der Waals surface area contributed by atoms with Crippen molar-refractivity contribution in [3.05, 3.63) is 59.7 Å². The third-order valence-electron chi connectivity index (χ3n) is 5.36. The van der Waals surface area contributed by atoms with Gasteiger partial charge in [-0.2, -0.15) is 0 Å². The normalized spacial score (nSPS) is 13.1. The molecule has 0 aromatic heterocycles. The van der Waals surface area contributed by atoms with Gasteiger partial charge in [0.25, 0.3) is 0 Å². The van der Waals surface area contributed by atoms with Crippen LogP contribution >= 0.6 is 0 Å². The van der Waals surface area contributed by atoms with Crippen LogP contribution in [0, 0.1) is 5.92 Å². The maximum atomic E-state index is 12.2. The molecule has 1 unspecified atom stereocenters. The fourth-order valence-corrected chi connectivity index (χ4v) is 3.84. The van der Waals surface area contributed by atoms with Gasteiger partial charge in [-0.25, -0.2) is 4.79 Å². The van der Waals surface area contributed by atoms with Gasteiger partial charge in [-0.15, -0.1) is 0 Å². The molecule has 2 aromatic carbocycles. The molecule has 0 saturated carbocycles. The van der Waals surface area contributed by atoms with Gasteiger partial charge in [0.15, 0.2) is 0 Å². The Morgan fingerprint density at radius 3 is 2.23 bits per heavy atom. The number of rotatable bonds is 10. The topological polar surface area (TPSA) is 105 Å². The first-order chi connectivity index (χ1) is 15.0. The second-order valence-corrected chi connectivity index (χ2v) is 7.86. The summed E-state index contributed by atoms with van der Waals surface area (Å²) in [4.78, 5) is 34.5. The van der Waals surface area contributed by atoms with Crippen molar-refractivity contribution < 1.29 is 24.2 Å². The Bertz CT molecular complexity index is 898. The Morgan fingerprint density at radius 2 is 1.61 bits per heavy atom. The van der Waals surface area contributed by atoms with Crippen LogP contribution in [0.3, 0.4) is 0 Å². The molecule has 2 aromatic rings. The predicted octanol–water partition coefficient (Wildman–Crippen LogP) is 3.53. The van der Waals surface area contributed by atoms with E-state index in [0.29, 0.717) is 19.5 Å². The number of amides is 2. The number of fused-ring (bicyclic) bond motifs is 3. The number of benzene rings is 2. The fourth-order valence-electron chi connectivity index (χ4n) is 3.84. The third-order valence-corrected chi connectivity index (χ3v) is 5.36. The average Bonchev–Trinajstić information content (AvgIpc) is 3.07. The van der Waals surface area contributed by atoms with E-state index in [1.807, 2.05) is 31.2 Å². The highest BCUT2D eigenvalue weighted by Gasteiger charge is 2.29. The molecule has 164 valence electrons. The molecule has 31 heavy (non-hydrogen) atoms. The Hall–Kier alpha value is -3.35. The van der Waals surface area contributed by atoms with Crippen molar-refractivity contribution in [2.45, 2.75) is 32.1 Å². The summed E-state index contributed by atoms with van der Waals surface area (Å²) in [5, 5.41) is 14.0. The molecule has 0 fully saturated rings. The van der Waals surface area contributed by atoms with Crippen molar-refractivity contribution >= 4 is 18.0 Å². The first-order valence-electron chi connectivity index (χ1n) is 10.5. The van der Waals surface area contributed by atoms with Crippen LogP contribution in [-0.4, -0.2) is 42.8 Å². The van der Waals surface area contributed by atoms with E-state index in [2.05, 4.69) is 34.9 Å². The van der Waals surface area contributed by atoms with Crippen molar-refractivity contribution in [2.24, 2.45) is 5.92 Å². The lowest BCUT2D eigenvalue weighted by Crippen LogP contribution is -2.33. The van der Waals surface area contributed by atoms with Crippen LogP contribution in [0.1, 0.15) is 43.2 Å². The lowest BCUT2D eigenvalue weighted by Gasteiger charge is -2.16. The van der Waals surface area contributed by atoms with Crippen LogP contribution in [0.4, 0.5) is 4.79 Å². The van der Waals surface area contributed by atoms with Crippen LogP contribution in [0.15, 0.2) is 48.5 Å². The molecular weight excluding hydrogens is 396 g/mol. The van der Waals surface area contributed by atoms with E-state index >= 15 is 0 Å². The van der Waals surface area contributed by atoms with E-state index in [4.69, 9.17) is 9.84 Å². The Labute approximate surface area is 181 Å². The summed E-state index contributed by atoms with van der Waals surface area (Å²) < 4.78 is 5.49. The van der Waals surface area contributed by atoms with Gasteiger partial charge in [-0.05, 0) is 34.6 Å². The van der Waals surface area contributed by atoms with Crippen molar-refractivity contribution in [1.29, 1.82) is 0 Å². The van der Waals surface area contributed by atoms with Crippen molar-refractivity contribution in [3.63, 3.8) is 0 Å². The number of hydrogen-bond acceptors (Lipinski definition) is 4. The van der Waals surface area contributed by atoms with Gasteiger partial charge in [-0.3, -0.25) is 9.59 Å². The van der Waals surface area contributed by atoms with E-state index in [0.717, 1.165) is 11.1 Å². The summed E-state index contributed by atoms with van der Waals surface area (Å²) in [6, 6.07) is 16.3. The number of nitrogens with one attached hydrogen (secondary N) is 2. The smallest absolute Gasteiger partial charge is 0.407 e. The standard InChI is InChI=1S/C24H28N2O5/c1-16(13-22(27)25-12-6-11-23(28)29)14-26-24(30)31-15-21-19-9-4-2-7-17(19)18-8-3-5-10-20(18)21/h2-5,7-10,16,21H,6,11-15H2,1H3,(H,25,27)(H,26,30)(H,28,29).